The van der Waals surface area contributed by atoms with Crippen LogP contribution in [-0.2, 0) is 17.9 Å². The zero-order valence-corrected chi connectivity index (χ0v) is 17.0. The van der Waals surface area contributed by atoms with E-state index in [4.69, 9.17) is 0 Å². The van der Waals surface area contributed by atoms with Gasteiger partial charge in [-0.3, -0.25) is 9.20 Å². The Kier molecular flexibility index (Phi) is 5.91. The van der Waals surface area contributed by atoms with Gasteiger partial charge in [-0.15, -0.1) is 10.2 Å². The van der Waals surface area contributed by atoms with Crippen LogP contribution < -0.4 is 0 Å². The molecule has 0 radical (unpaired) electrons. The summed E-state index contributed by atoms with van der Waals surface area (Å²) in [6, 6.07) is 25.9. The average molecular weight is 403 g/mol. The van der Waals surface area contributed by atoms with Gasteiger partial charge in [0.25, 0.3) is 0 Å². The topological polar surface area (TPSA) is 50.5 Å². The first-order valence-electron chi connectivity index (χ1n) is 9.54. The third-order valence-electron chi connectivity index (χ3n) is 4.66. The van der Waals surface area contributed by atoms with E-state index in [0.717, 1.165) is 21.9 Å². The number of thioether (sulfide) groups is 1. The molecule has 0 aliphatic rings. The Morgan fingerprint density at radius 1 is 0.897 bits per heavy atom. The highest BCUT2D eigenvalue weighted by atomic mass is 32.2. The average Bonchev–Trinajstić information content (AvgIpc) is 3.17. The summed E-state index contributed by atoms with van der Waals surface area (Å²) in [5.41, 5.74) is 3.00. The highest BCUT2D eigenvalue weighted by molar-refractivity contribution is 8.00. The fourth-order valence-corrected chi connectivity index (χ4v) is 4.11. The van der Waals surface area contributed by atoms with Crippen LogP contribution in [0.15, 0.2) is 90.2 Å². The van der Waals surface area contributed by atoms with Gasteiger partial charge < -0.3 is 4.90 Å². The molecule has 1 unspecified atom stereocenters. The first-order chi connectivity index (χ1) is 14.2. The van der Waals surface area contributed by atoms with Gasteiger partial charge in [0, 0.05) is 19.3 Å². The molecule has 0 spiro atoms. The molecule has 2 heterocycles. The van der Waals surface area contributed by atoms with Gasteiger partial charge in [-0.1, -0.05) is 78.5 Å². The molecule has 0 saturated heterocycles. The number of hydrogen-bond donors (Lipinski definition) is 0. The molecule has 6 heteroatoms. The zero-order chi connectivity index (χ0) is 20.1. The maximum absolute atomic E-state index is 13.4. The van der Waals surface area contributed by atoms with Crippen molar-refractivity contribution in [2.75, 3.05) is 0 Å². The largest absolute Gasteiger partial charge is 0.333 e. The van der Waals surface area contributed by atoms with Crippen LogP contribution in [0.3, 0.4) is 0 Å². The molecule has 0 aliphatic heterocycles. The molecule has 0 aliphatic carbocycles. The molecule has 1 atom stereocenters. The van der Waals surface area contributed by atoms with Crippen molar-refractivity contribution in [3.8, 4) is 0 Å². The number of amides is 1. The third-order valence-corrected chi connectivity index (χ3v) is 5.70. The number of carbonyl (C=O) groups excluding carboxylic acids is 1. The number of fused-ring (bicyclic) bond motifs is 1. The van der Waals surface area contributed by atoms with Crippen molar-refractivity contribution >= 4 is 23.3 Å². The van der Waals surface area contributed by atoms with E-state index < -0.39 is 0 Å². The van der Waals surface area contributed by atoms with Gasteiger partial charge in [-0.25, -0.2) is 0 Å². The fourth-order valence-electron chi connectivity index (χ4n) is 3.18. The summed E-state index contributed by atoms with van der Waals surface area (Å²) in [6.45, 7) is 3.07. The van der Waals surface area contributed by atoms with Crippen molar-refractivity contribution in [3.63, 3.8) is 0 Å². The van der Waals surface area contributed by atoms with E-state index in [1.54, 1.807) is 0 Å². The highest BCUT2D eigenvalue weighted by Gasteiger charge is 2.24. The second-order valence-corrected chi connectivity index (χ2v) is 8.14. The Labute approximate surface area is 174 Å². The van der Waals surface area contributed by atoms with Crippen molar-refractivity contribution in [1.82, 2.24) is 19.5 Å². The van der Waals surface area contributed by atoms with Gasteiger partial charge in [-0.2, -0.15) is 0 Å². The third kappa shape index (κ3) is 4.66. The lowest BCUT2D eigenvalue weighted by molar-refractivity contribution is -0.131. The first-order valence-corrected chi connectivity index (χ1v) is 10.4. The van der Waals surface area contributed by atoms with Crippen molar-refractivity contribution in [2.24, 2.45) is 0 Å². The molecule has 29 heavy (non-hydrogen) atoms. The Balaban J connectivity index is 1.54. The van der Waals surface area contributed by atoms with E-state index in [1.807, 2.05) is 77.0 Å². The maximum atomic E-state index is 13.4. The summed E-state index contributed by atoms with van der Waals surface area (Å²) < 4.78 is 1.91. The second kappa shape index (κ2) is 8.92. The molecule has 2 aromatic carbocycles. The molecular formula is C23H22N4OS. The normalized spacial score (nSPS) is 12.0. The first kappa shape index (κ1) is 19.2. The van der Waals surface area contributed by atoms with Crippen molar-refractivity contribution < 1.29 is 4.79 Å². The summed E-state index contributed by atoms with van der Waals surface area (Å²) >= 11 is 1.44. The van der Waals surface area contributed by atoms with Gasteiger partial charge >= 0.3 is 0 Å². The second-order valence-electron chi connectivity index (χ2n) is 6.84. The summed E-state index contributed by atoms with van der Waals surface area (Å²) in [7, 11) is 0. The number of pyridine rings is 1. The summed E-state index contributed by atoms with van der Waals surface area (Å²) in [5, 5.41) is 8.87. The fraction of sp³-hybridized carbons (Fsp3) is 0.174. The van der Waals surface area contributed by atoms with Gasteiger partial charge in [0.05, 0.1) is 5.25 Å². The number of aromatic nitrogens is 3. The smallest absolute Gasteiger partial charge is 0.236 e. The highest BCUT2D eigenvalue weighted by Crippen LogP contribution is 2.24. The Morgan fingerprint density at radius 3 is 2.10 bits per heavy atom. The summed E-state index contributed by atoms with van der Waals surface area (Å²) in [4.78, 5) is 15.3. The van der Waals surface area contributed by atoms with E-state index in [-0.39, 0.29) is 11.2 Å². The predicted octanol–water partition coefficient (Wildman–Crippen LogP) is 4.44. The molecule has 4 aromatic rings. The van der Waals surface area contributed by atoms with E-state index in [1.165, 1.54) is 11.8 Å². The molecule has 1 amide bonds. The van der Waals surface area contributed by atoms with E-state index >= 15 is 0 Å². The summed E-state index contributed by atoms with van der Waals surface area (Å²) in [6.07, 6.45) is 1.92. The Morgan fingerprint density at radius 2 is 1.48 bits per heavy atom. The number of hydrogen-bond acceptors (Lipinski definition) is 4. The van der Waals surface area contributed by atoms with Crippen LogP contribution in [0.4, 0.5) is 0 Å². The van der Waals surface area contributed by atoms with Crippen LogP contribution in [0.2, 0.25) is 0 Å². The lowest BCUT2D eigenvalue weighted by Crippen LogP contribution is -2.35. The van der Waals surface area contributed by atoms with Gasteiger partial charge in [0.1, 0.15) is 0 Å². The monoisotopic (exact) mass is 402 g/mol. The molecule has 0 bridgehead atoms. The van der Waals surface area contributed by atoms with Crippen LogP contribution >= 0.6 is 11.8 Å². The molecule has 146 valence electrons. The number of benzene rings is 2. The minimum Gasteiger partial charge on any atom is -0.333 e. The lowest BCUT2D eigenvalue weighted by atomic mass is 10.1. The van der Waals surface area contributed by atoms with Crippen LogP contribution in [0.25, 0.3) is 5.65 Å². The van der Waals surface area contributed by atoms with Gasteiger partial charge in [-0.05, 0) is 30.2 Å². The molecular weight excluding hydrogens is 380 g/mol. The quantitative estimate of drug-likeness (QED) is 0.429. The molecule has 0 saturated carbocycles. The Bertz CT molecular complexity index is 1040. The maximum Gasteiger partial charge on any atom is 0.236 e. The van der Waals surface area contributed by atoms with Crippen LogP contribution in [-0.4, -0.2) is 30.7 Å². The molecule has 4 rings (SSSR count). The molecule has 0 N–H and O–H groups in total. The molecule has 5 nitrogen and oxygen atoms in total. The summed E-state index contributed by atoms with van der Waals surface area (Å²) in [5.74, 6) is 0.0791. The number of nitrogens with zero attached hydrogens (tertiary/aromatic N) is 4. The van der Waals surface area contributed by atoms with Crippen molar-refractivity contribution in [1.29, 1.82) is 0 Å². The van der Waals surface area contributed by atoms with Gasteiger partial charge in [0.15, 0.2) is 10.8 Å². The van der Waals surface area contributed by atoms with E-state index in [9.17, 15) is 4.79 Å². The van der Waals surface area contributed by atoms with Crippen LogP contribution in [0.5, 0.6) is 0 Å². The predicted molar refractivity (Wildman–Crippen MR) is 115 cm³/mol. The Hall–Kier alpha value is -3.12. The molecule has 2 aromatic heterocycles. The standard InChI is InChI=1S/C23H22N4OS/c1-18(29-23-25-24-21-14-8-9-15-27(21)23)22(28)26(16-19-10-4-2-5-11-19)17-20-12-6-3-7-13-20/h2-15,18H,16-17H2,1H3. The van der Waals surface area contributed by atoms with E-state index in [0.29, 0.717) is 13.1 Å². The number of rotatable bonds is 7. The van der Waals surface area contributed by atoms with Crippen LogP contribution in [0, 0.1) is 0 Å². The van der Waals surface area contributed by atoms with Crippen molar-refractivity contribution in [3.05, 3.63) is 96.2 Å². The number of carbonyl (C=O) groups is 1. The zero-order valence-electron chi connectivity index (χ0n) is 16.2. The minimum absolute atomic E-state index is 0.0791. The van der Waals surface area contributed by atoms with Crippen LogP contribution in [0.1, 0.15) is 18.1 Å². The van der Waals surface area contributed by atoms with Crippen molar-refractivity contribution in [2.45, 2.75) is 30.4 Å². The minimum atomic E-state index is -0.282. The van der Waals surface area contributed by atoms with Gasteiger partial charge in [0.2, 0.25) is 5.91 Å². The van der Waals surface area contributed by atoms with E-state index in [2.05, 4.69) is 34.5 Å². The SMILES string of the molecule is CC(Sc1nnc2ccccn12)C(=O)N(Cc1ccccc1)Cc1ccccc1. The lowest BCUT2D eigenvalue weighted by Gasteiger charge is -2.26. The molecule has 0 fully saturated rings.